The summed E-state index contributed by atoms with van der Waals surface area (Å²) in [5.74, 6) is 1.92. The van der Waals surface area contributed by atoms with Crippen LogP contribution in [0, 0.1) is 0 Å². The van der Waals surface area contributed by atoms with Crippen molar-refractivity contribution in [2.75, 3.05) is 32.8 Å². The molecule has 0 amide bonds. The second-order valence-electron chi connectivity index (χ2n) is 5.90. The van der Waals surface area contributed by atoms with Crippen LogP contribution in [0.4, 0.5) is 0 Å². The van der Waals surface area contributed by atoms with Crippen LogP contribution in [0.25, 0.3) is 11.0 Å². The van der Waals surface area contributed by atoms with Gasteiger partial charge < -0.3 is 20.4 Å². The van der Waals surface area contributed by atoms with Crippen LogP contribution in [0.1, 0.15) is 38.9 Å². The number of ether oxygens (including phenoxy) is 1. The van der Waals surface area contributed by atoms with Crippen LogP contribution in [-0.2, 0) is 11.2 Å². The lowest BCUT2D eigenvalue weighted by atomic mass is 10.3. The molecule has 2 aromatic rings. The molecule has 6 heteroatoms. The first-order valence-corrected chi connectivity index (χ1v) is 9.37. The summed E-state index contributed by atoms with van der Waals surface area (Å²) in [7, 11) is 0. The molecule has 0 aliphatic heterocycles. The molecule has 0 aliphatic carbocycles. The van der Waals surface area contributed by atoms with Gasteiger partial charge in [0.05, 0.1) is 11.0 Å². The van der Waals surface area contributed by atoms with Gasteiger partial charge in [0.2, 0.25) is 0 Å². The van der Waals surface area contributed by atoms with E-state index in [4.69, 9.17) is 4.74 Å². The number of aryl methyl sites for hydroxylation is 1. The molecule has 0 aliphatic rings. The van der Waals surface area contributed by atoms with Crippen molar-refractivity contribution < 1.29 is 4.74 Å². The number of nitrogens with one attached hydrogen (secondary N) is 3. The van der Waals surface area contributed by atoms with Gasteiger partial charge in [-0.2, -0.15) is 0 Å². The lowest BCUT2D eigenvalue weighted by molar-refractivity contribution is 0.143. The quantitative estimate of drug-likeness (QED) is 0.333. The van der Waals surface area contributed by atoms with Crippen molar-refractivity contribution in [1.82, 2.24) is 20.6 Å². The number of hydrogen-bond acceptors (Lipinski definition) is 3. The SMILES string of the molecule is CCNC(=NCCCc1nc2ccccc2[nH]1)NCCCCOCC. The Morgan fingerprint density at radius 1 is 1.16 bits per heavy atom. The number of hydrogen-bond donors (Lipinski definition) is 3. The normalized spacial score (nSPS) is 11.8. The first-order chi connectivity index (χ1) is 12.3. The molecule has 0 atom stereocenters. The number of aromatic nitrogens is 2. The van der Waals surface area contributed by atoms with E-state index in [1.807, 2.05) is 25.1 Å². The Labute approximate surface area is 150 Å². The van der Waals surface area contributed by atoms with Gasteiger partial charge in [0.15, 0.2) is 5.96 Å². The molecule has 0 unspecified atom stereocenters. The van der Waals surface area contributed by atoms with Crippen molar-refractivity contribution >= 4 is 17.0 Å². The maximum absolute atomic E-state index is 5.35. The summed E-state index contributed by atoms with van der Waals surface area (Å²) in [6, 6.07) is 8.13. The highest BCUT2D eigenvalue weighted by Crippen LogP contribution is 2.11. The zero-order valence-electron chi connectivity index (χ0n) is 15.5. The fourth-order valence-corrected chi connectivity index (χ4v) is 2.58. The Kier molecular flexibility index (Phi) is 8.83. The van der Waals surface area contributed by atoms with Crippen LogP contribution in [0.3, 0.4) is 0 Å². The summed E-state index contributed by atoms with van der Waals surface area (Å²) in [4.78, 5) is 12.6. The van der Waals surface area contributed by atoms with Gasteiger partial charge in [-0.25, -0.2) is 4.98 Å². The number of benzene rings is 1. The average Bonchev–Trinajstić information content (AvgIpc) is 3.04. The standard InChI is InChI=1S/C19H31N5O/c1-3-20-19(21-13-7-8-15-25-4-2)22-14-9-12-18-23-16-10-5-6-11-17(16)24-18/h5-6,10-11H,3-4,7-9,12-15H2,1-2H3,(H,23,24)(H2,20,21,22). The molecule has 0 saturated heterocycles. The highest BCUT2D eigenvalue weighted by molar-refractivity contribution is 5.79. The minimum Gasteiger partial charge on any atom is -0.382 e. The molecule has 0 spiro atoms. The van der Waals surface area contributed by atoms with E-state index < -0.39 is 0 Å². The van der Waals surface area contributed by atoms with Crippen molar-refractivity contribution in [3.63, 3.8) is 0 Å². The Balaban J connectivity index is 1.69. The molecule has 0 radical (unpaired) electrons. The zero-order chi connectivity index (χ0) is 17.7. The van der Waals surface area contributed by atoms with E-state index in [2.05, 4.69) is 38.6 Å². The molecule has 6 nitrogen and oxygen atoms in total. The van der Waals surface area contributed by atoms with Crippen molar-refractivity contribution in [3.8, 4) is 0 Å². The fraction of sp³-hybridized carbons (Fsp3) is 0.579. The average molecular weight is 345 g/mol. The second-order valence-corrected chi connectivity index (χ2v) is 5.90. The minimum absolute atomic E-state index is 0.783. The van der Waals surface area contributed by atoms with Crippen molar-refractivity contribution in [1.29, 1.82) is 0 Å². The Morgan fingerprint density at radius 3 is 2.84 bits per heavy atom. The number of nitrogens with zero attached hydrogens (tertiary/aromatic N) is 2. The van der Waals surface area contributed by atoms with Crippen molar-refractivity contribution in [2.24, 2.45) is 4.99 Å². The van der Waals surface area contributed by atoms with Gasteiger partial charge in [-0.3, -0.25) is 4.99 Å². The number of aromatic amines is 1. The number of guanidine groups is 1. The van der Waals surface area contributed by atoms with Crippen LogP contribution < -0.4 is 10.6 Å². The number of para-hydroxylation sites is 2. The van der Waals surface area contributed by atoms with E-state index in [1.165, 1.54) is 0 Å². The monoisotopic (exact) mass is 345 g/mol. The molecule has 0 bridgehead atoms. The second kappa shape index (κ2) is 11.5. The van der Waals surface area contributed by atoms with E-state index in [1.54, 1.807) is 0 Å². The van der Waals surface area contributed by atoms with E-state index in [9.17, 15) is 0 Å². The Morgan fingerprint density at radius 2 is 2.04 bits per heavy atom. The lowest BCUT2D eigenvalue weighted by Gasteiger charge is -2.11. The summed E-state index contributed by atoms with van der Waals surface area (Å²) < 4.78 is 5.35. The first-order valence-electron chi connectivity index (χ1n) is 9.37. The van der Waals surface area contributed by atoms with Crippen molar-refractivity contribution in [3.05, 3.63) is 30.1 Å². The van der Waals surface area contributed by atoms with E-state index >= 15 is 0 Å². The third kappa shape index (κ3) is 7.13. The molecule has 2 rings (SSSR count). The first kappa shape index (κ1) is 19.2. The van der Waals surface area contributed by atoms with Crippen LogP contribution >= 0.6 is 0 Å². The van der Waals surface area contributed by atoms with Crippen LogP contribution in [0.2, 0.25) is 0 Å². The molecule has 0 fully saturated rings. The van der Waals surface area contributed by atoms with Gasteiger partial charge in [0, 0.05) is 39.3 Å². The predicted octanol–water partition coefficient (Wildman–Crippen LogP) is 2.87. The van der Waals surface area contributed by atoms with Crippen LogP contribution in [0.5, 0.6) is 0 Å². The van der Waals surface area contributed by atoms with Crippen molar-refractivity contribution in [2.45, 2.75) is 39.5 Å². The van der Waals surface area contributed by atoms with Gasteiger partial charge in [-0.1, -0.05) is 12.1 Å². The van der Waals surface area contributed by atoms with Crippen LogP contribution in [0.15, 0.2) is 29.3 Å². The van der Waals surface area contributed by atoms with E-state index in [-0.39, 0.29) is 0 Å². The molecule has 138 valence electrons. The summed E-state index contributed by atoms with van der Waals surface area (Å²) >= 11 is 0. The number of fused-ring (bicyclic) bond motifs is 1. The molecular formula is C19H31N5O. The number of imidazole rings is 1. The molecular weight excluding hydrogens is 314 g/mol. The third-order valence-electron chi connectivity index (χ3n) is 3.84. The molecule has 25 heavy (non-hydrogen) atoms. The van der Waals surface area contributed by atoms with E-state index in [0.717, 1.165) is 81.3 Å². The maximum Gasteiger partial charge on any atom is 0.191 e. The van der Waals surface area contributed by atoms with E-state index in [0.29, 0.717) is 0 Å². The van der Waals surface area contributed by atoms with Gasteiger partial charge in [0.1, 0.15) is 5.82 Å². The number of aliphatic imine (C=N–C) groups is 1. The number of rotatable bonds is 11. The Bertz CT molecular complexity index is 605. The number of unbranched alkanes of at least 4 members (excludes halogenated alkanes) is 1. The van der Waals surface area contributed by atoms with Gasteiger partial charge in [0.25, 0.3) is 0 Å². The molecule has 1 heterocycles. The molecule has 1 aromatic heterocycles. The minimum atomic E-state index is 0.783. The largest absolute Gasteiger partial charge is 0.382 e. The summed E-state index contributed by atoms with van der Waals surface area (Å²) in [6.07, 6.45) is 4.04. The number of H-pyrrole nitrogens is 1. The maximum atomic E-state index is 5.35. The summed E-state index contributed by atoms with van der Waals surface area (Å²) in [6.45, 7) is 8.31. The Hall–Kier alpha value is -2.08. The molecule has 3 N–H and O–H groups in total. The molecule has 0 saturated carbocycles. The smallest absolute Gasteiger partial charge is 0.191 e. The van der Waals surface area contributed by atoms with Crippen LogP contribution in [-0.4, -0.2) is 48.8 Å². The highest BCUT2D eigenvalue weighted by atomic mass is 16.5. The predicted molar refractivity (Wildman–Crippen MR) is 104 cm³/mol. The topological polar surface area (TPSA) is 74.3 Å². The third-order valence-corrected chi connectivity index (χ3v) is 3.84. The lowest BCUT2D eigenvalue weighted by Crippen LogP contribution is -2.38. The zero-order valence-corrected chi connectivity index (χ0v) is 15.5. The highest BCUT2D eigenvalue weighted by Gasteiger charge is 2.02. The van der Waals surface area contributed by atoms with Gasteiger partial charge in [-0.05, 0) is 45.2 Å². The molecule has 1 aromatic carbocycles. The summed E-state index contributed by atoms with van der Waals surface area (Å²) in [5.41, 5.74) is 2.13. The summed E-state index contributed by atoms with van der Waals surface area (Å²) in [5, 5.41) is 6.67. The van der Waals surface area contributed by atoms with Gasteiger partial charge in [-0.15, -0.1) is 0 Å². The fourth-order valence-electron chi connectivity index (χ4n) is 2.58. The van der Waals surface area contributed by atoms with Gasteiger partial charge >= 0.3 is 0 Å².